The number of carbonyl (C=O) groups is 2. The number of benzene rings is 1. The van der Waals surface area contributed by atoms with Crippen LogP contribution in [0.1, 0.15) is 24.4 Å². The Hall–Kier alpha value is -3.68. The molecule has 1 unspecified atom stereocenters. The molecule has 3 heterocycles. The molecular formula is C24H27N5O3. The summed E-state index contributed by atoms with van der Waals surface area (Å²) in [5.41, 5.74) is 0.968. The lowest BCUT2D eigenvalue weighted by Crippen LogP contribution is -2.56. The number of hydrogen-bond acceptors (Lipinski definition) is 6. The van der Waals surface area contributed by atoms with E-state index in [9.17, 15) is 9.59 Å². The molecule has 2 amide bonds. The number of nitrogens with zero attached hydrogens (tertiary/aromatic N) is 4. The number of anilines is 1. The van der Waals surface area contributed by atoms with E-state index in [0.29, 0.717) is 32.0 Å². The van der Waals surface area contributed by atoms with Crippen molar-refractivity contribution in [3.8, 4) is 11.4 Å². The molecule has 1 aromatic carbocycles. The molecule has 0 bridgehead atoms. The largest absolute Gasteiger partial charge is 0.459 e. The smallest absolute Gasteiger partial charge is 0.287 e. The Bertz CT molecular complexity index is 1040. The number of aromatic nitrogens is 2. The van der Waals surface area contributed by atoms with Crippen LogP contribution in [-0.4, -0.2) is 58.9 Å². The molecule has 1 N–H and O–H groups in total. The number of furan rings is 1. The fourth-order valence-corrected chi connectivity index (χ4v) is 3.74. The molecule has 1 fully saturated rings. The van der Waals surface area contributed by atoms with Gasteiger partial charge in [0.05, 0.1) is 6.26 Å². The van der Waals surface area contributed by atoms with Gasteiger partial charge in [0.25, 0.3) is 5.91 Å². The van der Waals surface area contributed by atoms with E-state index in [4.69, 9.17) is 9.40 Å². The topological polar surface area (TPSA) is 91.6 Å². The third-order valence-corrected chi connectivity index (χ3v) is 5.55. The summed E-state index contributed by atoms with van der Waals surface area (Å²) in [4.78, 5) is 38.6. The molecule has 8 nitrogen and oxygen atoms in total. The van der Waals surface area contributed by atoms with Gasteiger partial charge < -0.3 is 19.5 Å². The number of piperazine rings is 1. The molecule has 0 aliphatic carbocycles. The van der Waals surface area contributed by atoms with Gasteiger partial charge in [0.1, 0.15) is 11.9 Å². The van der Waals surface area contributed by atoms with Gasteiger partial charge in [0.2, 0.25) is 5.91 Å². The van der Waals surface area contributed by atoms with Crippen molar-refractivity contribution in [1.82, 2.24) is 20.2 Å². The number of hydrogen-bond donors (Lipinski definition) is 1. The first kappa shape index (κ1) is 21.5. The predicted molar refractivity (Wildman–Crippen MR) is 121 cm³/mol. The molecule has 0 saturated carbocycles. The minimum Gasteiger partial charge on any atom is -0.459 e. The molecule has 32 heavy (non-hydrogen) atoms. The van der Waals surface area contributed by atoms with Crippen LogP contribution in [0.25, 0.3) is 11.4 Å². The first-order chi connectivity index (χ1) is 15.5. The minimum atomic E-state index is -0.608. The number of carbonyl (C=O) groups excluding carboxylic acids is 2. The average Bonchev–Trinajstić information content (AvgIpc) is 3.38. The Morgan fingerprint density at radius 1 is 1.00 bits per heavy atom. The van der Waals surface area contributed by atoms with Crippen LogP contribution in [0.15, 0.2) is 65.4 Å². The van der Waals surface area contributed by atoms with Gasteiger partial charge in [-0.05, 0) is 24.1 Å². The van der Waals surface area contributed by atoms with Crippen molar-refractivity contribution in [3.05, 3.63) is 66.8 Å². The maximum Gasteiger partial charge on any atom is 0.287 e. The summed E-state index contributed by atoms with van der Waals surface area (Å²) in [6.45, 7) is 6.29. The zero-order valence-corrected chi connectivity index (χ0v) is 18.3. The highest BCUT2D eigenvalue weighted by Crippen LogP contribution is 2.20. The highest BCUT2D eigenvalue weighted by molar-refractivity contribution is 5.95. The third-order valence-electron chi connectivity index (χ3n) is 5.55. The van der Waals surface area contributed by atoms with Gasteiger partial charge in [-0.3, -0.25) is 9.59 Å². The molecule has 1 aliphatic heterocycles. The first-order valence-electron chi connectivity index (χ1n) is 10.8. The van der Waals surface area contributed by atoms with E-state index < -0.39 is 6.04 Å². The second-order valence-corrected chi connectivity index (χ2v) is 8.09. The van der Waals surface area contributed by atoms with E-state index in [2.05, 4.69) is 15.2 Å². The molecule has 1 atom stereocenters. The van der Waals surface area contributed by atoms with Crippen molar-refractivity contribution in [1.29, 1.82) is 0 Å². The lowest BCUT2D eigenvalue weighted by Gasteiger charge is -2.37. The van der Waals surface area contributed by atoms with Crippen molar-refractivity contribution in [2.45, 2.75) is 19.9 Å². The maximum atomic E-state index is 13.2. The van der Waals surface area contributed by atoms with Crippen LogP contribution < -0.4 is 10.2 Å². The van der Waals surface area contributed by atoms with Crippen LogP contribution in [0.3, 0.4) is 0 Å². The van der Waals surface area contributed by atoms with Gasteiger partial charge in [-0.2, -0.15) is 0 Å². The normalized spacial score (nSPS) is 15.0. The molecule has 0 radical (unpaired) electrons. The quantitative estimate of drug-likeness (QED) is 0.643. The second kappa shape index (κ2) is 9.64. The monoisotopic (exact) mass is 433 g/mol. The summed E-state index contributed by atoms with van der Waals surface area (Å²) in [6.07, 6.45) is 3.21. The van der Waals surface area contributed by atoms with Crippen molar-refractivity contribution >= 4 is 17.6 Å². The summed E-state index contributed by atoms with van der Waals surface area (Å²) in [7, 11) is 0. The Morgan fingerprint density at radius 3 is 2.41 bits per heavy atom. The van der Waals surface area contributed by atoms with Crippen molar-refractivity contribution in [2.24, 2.45) is 5.92 Å². The lowest BCUT2D eigenvalue weighted by atomic mass is 10.0. The molecule has 1 saturated heterocycles. The fourth-order valence-electron chi connectivity index (χ4n) is 3.74. The van der Waals surface area contributed by atoms with E-state index in [-0.39, 0.29) is 23.5 Å². The standard InChI is InChI=1S/C24H27N5O3/c1-17(2)21(27-23(30)19-9-6-16-32-19)24(31)29-14-12-28(13-15-29)20-10-11-25-22(26-20)18-7-4-3-5-8-18/h3-11,16-17,21H,12-15H2,1-2H3,(H,27,30). The van der Waals surface area contributed by atoms with Crippen LogP contribution in [0, 0.1) is 5.92 Å². The van der Waals surface area contributed by atoms with Crippen LogP contribution in [0.5, 0.6) is 0 Å². The van der Waals surface area contributed by atoms with E-state index in [0.717, 1.165) is 11.4 Å². The van der Waals surface area contributed by atoms with Crippen LogP contribution in [0.2, 0.25) is 0 Å². The number of amides is 2. The summed E-state index contributed by atoms with van der Waals surface area (Å²) >= 11 is 0. The van der Waals surface area contributed by atoms with Gasteiger partial charge in [-0.15, -0.1) is 0 Å². The van der Waals surface area contributed by atoms with Gasteiger partial charge in [0.15, 0.2) is 11.6 Å². The Kier molecular flexibility index (Phi) is 6.49. The summed E-state index contributed by atoms with van der Waals surface area (Å²) in [5.74, 6) is 1.22. The minimum absolute atomic E-state index is 0.0465. The molecular weight excluding hydrogens is 406 g/mol. The Labute approximate surface area is 187 Å². The molecule has 1 aliphatic rings. The zero-order chi connectivity index (χ0) is 22.5. The van der Waals surface area contributed by atoms with E-state index in [1.165, 1.54) is 6.26 Å². The molecule has 0 spiro atoms. The van der Waals surface area contributed by atoms with Gasteiger partial charge >= 0.3 is 0 Å². The first-order valence-corrected chi connectivity index (χ1v) is 10.8. The molecule has 8 heteroatoms. The van der Waals surface area contributed by atoms with Crippen molar-refractivity contribution in [2.75, 3.05) is 31.1 Å². The summed E-state index contributed by atoms with van der Waals surface area (Å²) in [5, 5.41) is 2.83. The van der Waals surface area contributed by atoms with E-state index in [1.807, 2.05) is 55.1 Å². The fraction of sp³-hybridized carbons (Fsp3) is 0.333. The van der Waals surface area contributed by atoms with Gasteiger partial charge in [-0.1, -0.05) is 44.2 Å². The predicted octanol–water partition coefficient (Wildman–Crippen LogP) is 2.84. The van der Waals surface area contributed by atoms with Crippen molar-refractivity contribution < 1.29 is 14.0 Å². The Balaban J connectivity index is 1.39. The molecule has 4 rings (SSSR count). The van der Waals surface area contributed by atoms with Crippen molar-refractivity contribution in [3.63, 3.8) is 0 Å². The highest BCUT2D eigenvalue weighted by atomic mass is 16.3. The SMILES string of the molecule is CC(C)C(NC(=O)c1ccco1)C(=O)N1CCN(c2ccnc(-c3ccccc3)n2)CC1. The lowest BCUT2D eigenvalue weighted by molar-refractivity contribution is -0.134. The van der Waals surface area contributed by atoms with Crippen LogP contribution in [0.4, 0.5) is 5.82 Å². The molecule has 3 aromatic rings. The maximum absolute atomic E-state index is 13.2. The highest BCUT2D eigenvalue weighted by Gasteiger charge is 2.31. The third kappa shape index (κ3) is 4.80. The van der Waals surface area contributed by atoms with E-state index >= 15 is 0 Å². The summed E-state index contributed by atoms with van der Waals surface area (Å²) in [6, 6.07) is 14.4. The zero-order valence-electron chi connectivity index (χ0n) is 18.3. The van der Waals surface area contributed by atoms with E-state index in [1.54, 1.807) is 18.3 Å². The molecule has 2 aromatic heterocycles. The number of rotatable bonds is 6. The second-order valence-electron chi connectivity index (χ2n) is 8.09. The Morgan fingerprint density at radius 2 is 1.75 bits per heavy atom. The van der Waals surface area contributed by atoms with Gasteiger partial charge in [-0.25, -0.2) is 9.97 Å². The average molecular weight is 434 g/mol. The molecule has 166 valence electrons. The summed E-state index contributed by atoms with van der Waals surface area (Å²) < 4.78 is 5.15. The van der Waals surface area contributed by atoms with Crippen LogP contribution >= 0.6 is 0 Å². The van der Waals surface area contributed by atoms with Gasteiger partial charge in [0, 0.05) is 37.9 Å². The number of nitrogens with one attached hydrogen (secondary N) is 1. The van der Waals surface area contributed by atoms with Crippen LogP contribution in [-0.2, 0) is 4.79 Å².